The van der Waals surface area contributed by atoms with Crippen LogP contribution in [0.3, 0.4) is 0 Å². The molecule has 0 fully saturated rings. The van der Waals surface area contributed by atoms with Crippen molar-refractivity contribution in [3.63, 3.8) is 0 Å². The molecule has 0 radical (unpaired) electrons. The highest BCUT2D eigenvalue weighted by atomic mass is 79.9. The van der Waals surface area contributed by atoms with Crippen LogP contribution in [-0.2, 0) is 11.3 Å². The van der Waals surface area contributed by atoms with E-state index < -0.39 is 6.10 Å². The molecule has 3 nitrogen and oxygen atoms in total. The first-order valence-electron chi connectivity index (χ1n) is 6.47. The molecule has 1 atom stereocenters. The number of amides is 1. The van der Waals surface area contributed by atoms with Crippen LogP contribution < -0.4 is 9.64 Å². The summed E-state index contributed by atoms with van der Waals surface area (Å²) in [4.78, 5) is 14.2. The SMILES string of the molecule is CC1Oc2ccccc2N(Cc2ccccc2Br)C1=O. The largest absolute Gasteiger partial charge is 0.479 e. The number of anilines is 1. The van der Waals surface area contributed by atoms with Crippen LogP contribution in [0.2, 0.25) is 0 Å². The average Bonchev–Trinajstić information content (AvgIpc) is 2.46. The normalized spacial score (nSPS) is 17.6. The number of fused-ring (bicyclic) bond motifs is 1. The Balaban J connectivity index is 2.00. The molecule has 1 aliphatic rings. The minimum absolute atomic E-state index is 0.0144. The van der Waals surface area contributed by atoms with Gasteiger partial charge in [-0.25, -0.2) is 0 Å². The van der Waals surface area contributed by atoms with Gasteiger partial charge >= 0.3 is 0 Å². The molecular formula is C16H14BrNO2. The Morgan fingerprint density at radius 2 is 1.85 bits per heavy atom. The second-order valence-electron chi connectivity index (χ2n) is 4.74. The van der Waals surface area contributed by atoms with Gasteiger partial charge in [-0.1, -0.05) is 46.3 Å². The van der Waals surface area contributed by atoms with Crippen molar-refractivity contribution in [3.8, 4) is 5.75 Å². The molecule has 2 aromatic rings. The van der Waals surface area contributed by atoms with E-state index in [-0.39, 0.29) is 5.91 Å². The first-order valence-corrected chi connectivity index (χ1v) is 7.26. The zero-order valence-corrected chi connectivity index (χ0v) is 12.6. The van der Waals surface area contributed by atoms with E-state index in [4.69, 9.17) is 4.74 Å². The number of ether oxygens (including phenoxy) is 1. The Hall–Kier alpha value is -1.81. The van der Waals surface area contributed by atoms with Gasteiger partial charge < -0.3 is 9.64 Å². The number of halogens is 1. The fourth-order valence-electron chi connectivity index (χ4n) is 2.32. The lowest BCUT2D eigenvalue weighted by Gasteiger charge is -2.33. The molecule has 0 N–H and O–H groups in total. The minimum Gasteiger partial charge on any atom is -0.479 e. The monoisotopic (exact) mass is 331 g/mol. The van der Waals surface area contributed by atoms with E-state index in [1.54, 1.807) is 11.8 Å². The minimum atomic E-state index is -0.451. The number of hydrogen-bond donors (Lipinski definition) is 0. The van der Waals surface area contributed by atoms with Gasteiger partial charge in [0.1, 0.15) is 5.75 Å². The zero-order valence-electron chi connectivity index (χ0n) is 11.0. The number of benzene rings is 2. The molecule has 0 spiro atoms. The molecule has 0 aromatic heterocycles. The van der Waals surface area contributed by atoms with Gasteiger partial charge in [-0.15, -0.1) is 0 Å². The van der Waals surface area contributed by atoms with E-state index in [0.29, 0.717) is 6.54 Å². The molecule has 3 rings (SSSR count). The van der Waals surface area contributed by atoms with Gasteiger partial charge in [-0.05, 0) is 30.7 Å². The number of carbonyl (C=O) groups excluding carboxylic acids is 1. The molecule has 1 aliphatic heterocycles. The number of nitrogens with zero attached hydrogens (tertiary/aromatic N) is 1. The smallest absolute Gasteiger partial charge is 0.268 e. The van der Waals surface area contributed by atoms with Gasteiger partial charge in [0.25, 0.3) is 5.91 Å². The lowest BCUT2D eigenvalue weighted by molar-refractivity contribution is -0.125. The fourth-order valence-corrected chi connectivity index (χ4v) is 2.73. The third-order valence-electron chi connectivity index (χ3n) is 3.36. The Morgan fingerprint density at radius 3 is 2.65 bits per heavy atom. The quantitative estimate of drug-likeness (QED) is 0.838. The summed E-state index contributed by atoms with van der Waals surface area (Å²) in [7, 11) is 0. The second kappa shape index (κ2) is 5.29. The molecule has 1 amide bonds. The van der Waals surface area contributed by atoms with E-state index in [2.05, 4.69) is 15.9 Å². The van der Waals surface area contributed by atoms with Crippen LogP contribution >= 0.6 is 15.9 Å². The summed E-state index contributed by atoms with van der Waals surface area (Å²) in [6.45, 7) is 2.32. The average molecular weight is 332 g/mol. The lowest BCUT2D eigenvalue weighted by atomic mass is 10.1. The van der Waals surface area contributed by atoms with Crippen molar-refractivity contribution in [2.24, 2.45) is 0 Å². The summed E-state index contributed by atoms with van der Waals surface area (Å²) in [5.41, 5.74) is 1.90. The maximum Gasteiger partial charge on any atom is 0.268 e. The van der Waals surface area contributed by atoms with E-state index >= 15 is 0 Å². The molecule has 0 saturated carbocycles. The summed E-state index contributed by atoms with van der Waals surface area (Å²) in [6, 6.07) is 15.6. The predicted molar refractivity (Wildman–Crippen MR) is 81.9 cm³/mol. The topological polar surface area (TPSA) is 29.5 Å². The maximum absolute atomic E-state index is 12.4. The van der Waals surface area contributed by atoms with Gasteiger partial charge in [0.15, 0.2) is 6.10 Å². The van der Waals surface area contributed by atoms with Crippen molar-refractivity contribution in [1.29, 1.82) is 0 Å². The molecule has 0 bridgehead atoms. The first kappa shape index (κ1) is 13.2. The Bertz CT molecular complexity index is 656. The van der Waals surface area contributed by atoms with E-state index in [1.165, 1.54) is 0 Å². The van der Waals surface area contributed by atoms with Crippen molar-refractivity contribution in [2.75, 3.05) is 4.90 Å². The molecule has 102 valence electrons. The van der Waals surface area contributed by atoms with Gasteiger partial charge in [0.2, 0.25) is 0 Å². The number of carbonyl (C=O) groups is 1. The summed E-state index contributed by atoms with van der Waals surface area (Å²) >= 11 is 3.53. The van der Waals surface area contributed by atoms with Crippen LogP contribution in [0.4, 0.5) is 5.69 Å². The highest BCUT2D eigenvalue weighted by Crippen LogP contribution is 2.35. The van der Waals surface area contributed by atoms with Crippen molar-refractivity contribution >= 4 is 27.5 Å². The van der Waals surface area contributed by atoms with Crippen LogP contribution in [0, 0.1) is 0 Å². The van der Waals surface area contributed by atoms with Crippen LogP contribution in [0.25, 0.3) is 0 Å². The van der Waals surface area contributed by atoms with Gasteiger partial charge in [0.05, 0.1) is 12.2 Å². The second-order valence-corrected chi connectivity index (χ2v) is 5.60. The van der Waals surface area contributed by atoms with Crippen molar-refractivity contribution < 1.29 is 9.53 Å². The molecule has 0 aliphatic carbocycles. The highest BCUT2D eigenvalue weighted by Gasteiger charge is 2.31. The van der Waals surface area contributed by atoms with Gasteiger partial charge in [-0.2, -0.15) is 0 Å². The van der Waals surface area contributed by atoms with Crippen LogP contribution in [0.1, 0.15) is 12.5 Å². The highest BCUT2D eigenvalue weighted by molar-refractivity contribution is 9.10. The molecular weight excluding hydrogens is 318 g/mol. The molecule has 2 aromatic carbocycles. The lowest BCUT2D eigenvalue weighted by Crippen LogP contribution is -2.44. The predicted octanol–water partition coefficient (Wildman–Crippen LogP) is 3.76. The summed E-state index contributed by atoms with van der Waals surface area (Å²) in [6.07, 6.45) is -0.451. The van der Waals surface area contributed by atoms with Crippen molar-refractivity contribution in [1.82, 2.24) is 0 Å². The molecule has 0 saturated heterocycles. The summed E-state index contributed by atoms with van der Waals surface area (Å²) < 4.78 is 6.64. The molecule has 4 heteroatoms. The zero-order chi connectivity index (χ0) is 14.1. The van der Waals surface area contributed by atoms with Crippen LogP contribution in [0.15, 0.2) is 53.0 Å². The third kappa shape index (κ3) is 2.31. The molecule has 1 heterocycles. The summed E-state index contributed by atoms with van der Waals surface area (Å²) in [5, 5.41) is 0. The van der Waals surface area contributed by atoms with E-state index in [1.807, 2.05) is 48.5 Å². The Morgan fingerprint density at radius 1 is 1.15 bits per heavy atom. The molecule has 20 heavy (non-hydrogen) atoms. The van der Waals surface area contributed by atoms with E-state index in [9.17, 15) is 4.79 Å². The van der Waals surface area contributed by atoms with Crippen molar-refractivity contribution in [3.05, 3.63) is 58.6 Å². The molecule has 1 unspecified atom stereocenters. The fraction of sp³-hybridized carbons (Fsp3) is 0.188. The van der Waals surface area contributed by atoms with E-state index in [0.717, 1.165) is 21.5 Å². The first-order chi connectivity index (χ1) is 9.66. The third-order valence-corrected chi connectivity index (χ3v) is 4.13. The van der Waals surface area contributed by atoms with Crippen LogP contribution in [0.5, 0.6) is 5.75 Å². The Kier molecular flexibility index (Phi) is 3.49. The van der Waals surface area contributed by atoms with Gasteiger partial charge in [0, 0.05) is 4.47 Å². The van der Waals surface area contributed by atoms with Crippen molar-refractivity contribution in [2.45, 2.75) is 19.6 Å². The maximum atomic E-state index is 12.4. The number of rotatable bonds is 2. The standard InChI is InChI=1S/C16H14BrNO2/c1-11-16(19)18(10-12-6-2-3-7-13(12)17)14-8-4-5-9-15(14)20-11/h2-9,11H,10H2,1H3. The number of hydrogen-bond acceptors (Lipinski definition) is 2. The summed E-state index contributed by atoms with van der Waals surface area (Å²) in [5.74, 6) is 0.742. The van der Waals surface area contributed by atoms with Crippen LogP contribution in [-0.4, -0.2) is 12.0 Å². The number of para-hydroxylation sites is 2. The van der Waals surface area contributed by atoms with Gasteiger partial charge in [-0.3, -0.25) is 4.79 Å². The Labute approximate surface area is 126 Å².